The lowest BCUT2D eigenvalue weighted by Gasteiger charge is -2.29. The van der Waals surface area contributed by atoms with E-state index in [1.54, 1.807) is 12.1 Å². The number of hydrogen-bond acceptors (Lipinski definition) is 3. The molecule has 0 spiro atoms. The average molecular weight is 249 g/mol. The van der Waals surface area contributed by atoms with Crippen LogP contribution in [0.15, 0.2) is 24.3 Å². The standard InChI is InChI=1S/C13H15NO4/c1-9-3-2-8-13(9,12(15)16)10-4-6-11(7-5-10)14(17)18/h4-7,9H,2-3,8H2,1H3,(H,15,16). The van der Waals surface area contributed by atoms with Gasteiger partial charge in [-0.1, -0.05) is 25.5 Å². The van der Waals surface area contributed by atoms with Gasteiger partial charge >= 0.3 is 5.97 Å². The van der Waals surface area contributed by atoms with Crippen molar-refractivity contribution in [2.24, 2.45) is 5.92 Å². The number of carbonyl (C=O) groups is 1. The minimum Gasteiger partial charge on any atom is -0.481 e. The van der Waals surface area contributed by atoms with E-state index in [0.29, 0.717) is 12.0 Å². The van der Waals surface area contributed by atoms with Gasteiger partial charge in [-0.15, -0.1) is 0 Å². The van der Waals surface area contributed by atoms with Gasteiger partial charge in [-0.2, -0.15) is 0 Å². The molecule has 0 heterocycles. The summed E-state index contributed by atoms with van der Waals surface area (Å²) in [6, 6.07) is 5.91. The van der Waals surface area contributed by atoms with Gasteiger partial charge < -0.3 is 5.11 Å². The van der Waals surface area contributed by atoms with Gasteiger partial charge in [0.25, 0.3) is 5.69 Å². The lowest BCUT2D eigenvalue weighted by molar-refractivity contribution is -0.384. The highest BCUT2D eigenvalue weighted by atomic mass is 16.6. The zero-order valence-electron chi connectivity index (χ0n) is 10.1. The lowest BCUT2D eigenvalue weighted by atomic mass is 9.73. The molecule has 2 atom stereocenters. The maximum absolute atomic E-state index is 11.6. The third-order valence-corrected chi connectivity index (χ3v) is 4.02. The maximum Gasteiger partial charge on any atom is 0.314 e. The zero-order chi connectivity index (χ0) is 13.3. The summed E-state index contributed by atoms with van der Waals surface area (Å²) < 4.78 is 0. The Bertz CT molecular complexity index is 482. The molecule has 0 aliphatic heterocycles. The minimum atomic E-state index is -0.880. The van der Waals surface area contributed by atoms with E-state index in [1.807, 2.05) is 6.92 Å². The third kappa shape index (κ3) is 1.75. The third-order valence-electron chi connectivity index (χ3n) is 4.02. The first-order valence-corrected chi connectivity index (χ1v) is 5.97. The second-order valence-corrected chi connectivity index (χ2v) is 4.87. The van der Waals surface area contributed by atoms with Crippen molar-refractivity contribution < 1.29 is 14.8 Å². The fourth-order valence-electron chi connectivity index (χ4n) is 2.93. The lowest BCUT2D eigenvalue weighted by Crippen LogP contribution is -2.38. The SMILES string of the molecule is CC1CCCC1(C(=O)O)c1ccc([N+](=O)[O-])cc1. The molecular weight excluding hydrogens is 234 g/mol. The van der Waals surface area contributed by atoms with Crippen LogP contribution in [-0.2, 0) is 10.2 Å². The molecule has 1 aliphatic carbocycles. The Labute approximate surface area is 105 Å². The van der Waals surface area contributed by atoms with E-state index in [1.165, 1.54) is 12.1 Å². The molecular formula is C13H15NO4. The number of nitro benzene ring substituents is 1. The second kappa shape index (κ2) is 4.40. The van der Waals surface area contributed by atoms with Crippen LogP contribution in [0.3, 0.4) is 0 Å². The summed E-state index contributed by atoms with van der Waals surface area (Å²) in [5, 5.41) is 20.1. The van der Waals surface area contributed by atoms with Crippen molar-refractivity contribution in [1.82, 2.24) is 0 Å². The molecule has 1 aromatic rings. The quantitative estimate of drug-likeness (QED) is 0.659. The van der Waals surface area contributed by atoms with Crippen molar-refractivity contribution in [3.05, 3.63) is 39.9 Å². The normalized spacial score (nSPS) is 27.1. The number of non-ortho nitro benzene ring substituents is 1. The van der Waals surface area contributed by atoms with Gasteiger partial charge in [0.15, 0.2) is 0 Å². The van der Waals surface area contributed by atoms with E-state index >= 15 is 0 Å². The summed E-state index contributed by atoms with van der Waals surface area (Å²) >= 11 is 0. The van der Waals surface area contributed by atoms with Crippen molar-refractivity contribution in [3.8, 4) is 0 Å². The first-order chi connectivity index (χ1) is 8.48. The largest absolute Gasteiger partial charge is 0.481 e. The molecule has 2 unspecified atom stereocenters. The molecule has 0 saturated heterocycles. The highest BCUT2D eigenvalue weighted by Crippen LogP contribution is 2.46. The van der Waals surface area contributed by atoms with E-state index in [4.69, 9.17) is 0 Å². The van der Waals surface area contributed by atoms with Crippen molar-refractivity contribution >= 4 is 11.7 Å². The number of nitrogens with zero attached hydrogens (tertiary/aromatic N) is 1. The summed E-state index contributed by atoms with van der Waals surface area (Å²) in [7, 11) is 0. The van der Waals surface area contributed by atoms with Crippen LogP contribution in [0.5, 0.6) is 0 Å². The van der Waals surface area contributed by atoms with Crippen LogP contribution in [0.1, 0.15) is 31.7 Å². The Morgan fingerprint density at radius 1 is 1.44 bits per heavy atom. The van der Waals surface area contributed by atoms with Crippen LogP contribution in [0, 0.1) is 16.0 Å². The predicted molar refractivity (Wildman–Crippen MR) is 65.4 cm³/mol. The van der Waals surface area contributed by atoms with Crippen molar-refractivity contribution in [2.45, 2.75) is 31.6 Å². The van der Waals surface area contributed by atoms with Gasteiger partial charge in [0, 0.05) is 12.1 Å². The van der Waals surface area contributed by atoms with Crippen molar-refractivity contribution in [2.75, 3.05) is 0 Å². The van der Waals surface area contributed by atoms with E-state index in [0.717, 1.165) is 12.8 Å². The Balaban J connectivity index is 2.44. The van der Waals surface area contributed by atoms with E-state index in [-0.39, 0.29) is 11.6 Å². The fraction of sp³-hybridized carbons (Fsp3) is 0.462. The molecule has 1 aliphatic rings. The Kier molecular flexibility index (Phi) is 3.07. The number of carboxylic acid groups (broad SMARTS) is 1. The van der Waals surface area contributed by atoms with Gasteiger partial charge in [0.2, 0.25) is 0 Å². The Morgan fingerprint density at radius 2 is 2.06 bits per heavy atom. The number of hydrogen-bond donors (Lipinski definition) is 1. The maximum atomic E-state index is 11.6. The summed E-state index contributed by atoms with van der Waals surface area (Å²) in [6.45, 7) is 1.93. The molecule has 18 heavy (non-hydrogen) atoms. The molecule has 1 saturated carbocycles. The number of benzene rings is 1. The molecule has 1 fully saturated rings. The first-order valence-electron chi connectivity index (χ1n) is 5.97. The van der Waals surface area contributed by atoms with Gasteiger partial charge in [-0.3, -0.25) is 14.9 Å². The van der Waals surface area contributed by atoms with E-state index < -0.39 is 16.3 Å². The first kappa shape index (κ1) is 12.5. The molecule has 0 radical (unpaired) electrons. The van der Waals surface area contributed by atoms with Crippen LogP contribution in [-0.4, -0.2) is 16.0 Å². The van der Waals surface area contributed by atoms with Crippen LogP contribution in [0.2, 0.25) is 0 Å². The number of nitro groups is 1. The second-order valence-electron chi connectivity index (χ2n) is 4.87. The van der Waals surface area contributed by atoms with Crippen LogP contribution >= 0.6 is 0 Å². The average Bonchev–Trinajstić information content (AvgIpc) is 2.72. The van der Waals surface area contributed by atoms with Crippen LogP contribution in [0.25, 0.3) is 0 Å². The highest BCUT2D eigenvalue weighted by molar-refractivity contribution is 5.82. The Morgan fingerprint density at radius 3 is 2.44 bits per heavy atom. The van der Waals surface area contributed by atoms with Crippen molar-refractivity contribution in [3.63, 3.8) is 0 Å². The fourth-order valence-corrected chi connectivity index (χ4v) is 2.93. The minimum absolute atomic E-state index is 0.00932. The number of aliphatic carboxylic acids is 1. The van der Waals surface area contributed by atoms with Crippen molar-refractivity contribution in [1.29, 1.82) is 0 Å². The van der Waals surface area contributed by atoms with E-state index in [9.17, 15) is 20.0 Å². The number of rotatable bonds is 3. The molecule has 1 N–H and O–H groups in total. The van der Waals surface area contributed by atoms with Gasteiger partial charge in [-0.25, -0.2) is 0 Å². The predicted octanol–water partition coefficient (Wildman–Crippen LogP) is 2.74. The molecule has 5 heteroatoms. The monoisotopic (exact) mass is 249 g/mol. The number of carboxylic acids is 1. The topological polar surface area (TPSA) is 80.4 Å². The van der Waals surface area contributed by atoms with Crippen LogP contribution in [0.4, 0.5) is 5.69 Å². The molecule has 5 nitrogen and oxygen atoms in total. The molecule has 96 valence electrons. The summed E-state index contributed by atoms with van der Waals surface area (Å²) in [4.78, 5) is 21.7. The zero-order valence-corrected chi connectivity index (χ0v) is 10.1. The highest BCUT2D eigenvalue weighted by Gasteiger charge is 2.48. The van der Waals surface area contributed by atoms with Gasteiger partial charge in [0.05, 0.1) is 10.3 Å². The van der Waals surface area contributed by atoms with E-state index in [2.05, 4.69) is 0 Å². The molecule has 1 aromatic carbocycles. The smallest absolute Gasteiger partial charge is 0.314 e. The summed E-state index contributed by atoms with van der Waals surface area (Å²) in [6.07, 6.45) is 2.36. The van der Waals surface area contributed by atoms with Gasteiger partial charge in [-0.05, 0) is 24.3 Å². The molecule has 2 rings (SSSR count). The Hall–Kier alpha value is -1.91. The summed E-state index contributed by atoms with van der Waals surface area (Å²) in [5.41, 5.74) is -0.217. The summed E-state index contributed by atoms with van der Waals surface area (Å²) in [5.74, 6) is -0.780. The molecule has 0 aromatic heterocycles. The molecule has 0 amide bonds. The van der Waals surface area contributed by atoms with Crippen LogP contribution < -0.4 is 0 Å². The molecule has 0 bridgehead atoms. The van der Waals surface area contributed by atoms with Gasteiger partial charge in [0.1, 0.15) is 0 Å².